The van der Waals surface area contributed by atoms with Crippen LogP contribution in [0.1, 0.15) is 17.3 Å². The molecule has 0 aliphatic carbocycles. The van der Waals surface area contributed by atoms with Gasteiger partial charge in [0.2, 0.25) is 0 Å². The van der Waals surface area contributed by atoms with Crippen LogP contribution >= 0.6 is 0 Å². The SMILES string of the molecule is COc1ccc(N(C)S(=O)(=O)c2cccc(C(=O)O[C@@H](C)C#N)c2)cc1. The highest BCUT2D eigenvalue weighted by Crippen LogP contribution is 2.25. The van der Waals surface area contributed by atoms with Crippen molar-refractivity contribution in [1.82, 2.24) is 0 Å². The second-order valence-electron chi connectivity index (χ2n) is 5.38. The van der Waals surface area contributed by atoms with Crippen LogP contribution in [0, 0.1) is 11.3 Å². The Labute approximate surface area is 152 Å². The third-order valence-electron chi connectivity index (χ3n) is 3.63. The van der Waals surface area contributed by atoms with Crippen molar-refractivity contribution in [2.45, 2.75) is 17.9 Å². The highest BCUT2D eigenvalue weighted by atomic mass is 32.2. The summed E-state index contributed by atoms with van der Waals surface area (Å²) in [6.45, 7) is 1.43. The summed E-state index contributed by atoms with van der Waals surface area (Å²) in [6, 6.07) is 13.8. The molecule has 136 valence electrons. The summed E-state index contributed by atoms with van der Waals surface area (Å²) in [5, 5.41) is 8.71. The van der Waals surface area contributed by atoms with E-state index in [-0.39, 0.29) is 10.5 Å². The number of rotatable bonds is 6. The number of carbonyl (C=O) groups excluding carboxylic acids is 1. The van der Waals surface area contributed by atoms with Gasteiger partial charge in [-0.2, -0.15) is 5.26 Å². The lowest BCUT2D eigenvalue weighted by Crippen LogP contribution is -2.26. The van der Waals surface area contributed by atoms with Crippen molar-refractivity contribution in [2.75, 3.05) is 18.5 Å². The molecule has 0 unspecified atom stereocenters. The maximum Gasteiger partial charge on any atom is 0.339 e. The maximum absolute atomic E-state index is 12.8. The molecule has 0 fully saturated rings. The van der Waals surface area contributed by atoms with Crippen LogP contribution in [0.15, 0.2) is 53.4 Å². The average Bonchev–Trinajstić information content (AvgIpc) is 2.67. The summed E-state index contributed by atoms with van der Waals surface area (Å²) >= 11 is 0. The topological polar surface area (TPSA) is 96.7 Å². The van der Waals surface area contributed by atoms with Crippen molar-refractivity contribution < 1.29 is 22.7 Å². The van der Waals surface area contributed by atoms with E-state index in [1.54, 1.807) is 30.3 Å². The van der Waals surface area contributed by atoms with Gasteiger partial charge in [0, 0.05) is 7.05 Å². The first-order chi connectivity index (χ1) is 12.3. The Hall–Kier alpha value is -3.05. The first-order valence-electron chi connectivity index (χ1n) is 7.63. The molecule has 0 aliphatic heterocycles. The molecular weight excluding hydrogens is 356 g/mol. The summed E-state index contributed by atoms with van der Waals surface area (Å²) < 4.78 is 36.7. The van der Waals surface area contributed by atoms with Crippen LogP contribution in [0.2, 0.25) is 0 Å². The Morgan fingerprint density at radius 1 is 1.19 bits per heavy atom. The van der Waals surface area contributed by atoms with Gasteiger partial charge < -0.3 is 9.47 Å². The normalized spacial score (nSPS) is 11.9. The zero-order valence-electron chi connectivity index (χ0n) is 14.5. The summed E-state index contributed by atoms with van der Waals surface area (Å²) in [5.41, 5.74) is 0.494. The van der Waals surface area contributed by atoms with Crippen LogP contribution < -0.4 is 9.04 Å². The van der Waals surface area contributed by atoms with Gasteiger partial charge in [-0.05, 0) is 49.4 Å². The monoisotopic (exact) mass is 374 g/mol. The van der Waals surface area contributed by atoms with Crippen LogP contribution in [0.5, 0.6) is 5.75 Å². The molecule has 0 radical (unpaired) electrons. The van der Waals surface area contributed by atoms with Crippen LogP contribution in [-0.2, 0) is 14.8 Å². The van der Waals surface area contributed by atoms with E-state index in [4.69, 9.17) is 14.7 Å². The molecule has 0 N–H and O–H groups in total. The highest BCUT2D eigenvalue weighted by Gasteiger charge is 2.23. The summed E-state index contributed by atoms with van der Waals surface area (Å²) in [6.07, 6.45) is -0.926. The van der Waals surface area contributed by atoms with Crippen molar-refractivity contribution in [3.05, 3.63) is 54.1 Å². The molecule has 0 saturated heterocycles. The average molecular weight is 374 g/mol. The number of methoxy groups -OCH3 is 1. The molecule has 0 amide bonds. The van der Waals surface area contributed by atoms with Gasteiger partial charge in [0.15, 0.2) is 6.10 Å². The largest absolute Gasteiger partial charge is 0.497 e. The van der Waals surface area contributed by atoms with E-state index in [1.807, 2.05) is 0 Å². The molecule has 0 heterocycles. The quantitative estimate of drug-likeness (QED) is 0.721. The maximum atomic E-state index is 12.8. The fraction of sp³-hybridized carbons (Fsp3) is 0.222. The predicted octanol–water partition coefficient (Wildman–Crippen LogP) is 2.59. The van der Waals surface area contributed by atoms with Crippen molar-refractivity contribution in [1.29, 1.82) is 5.26 Å². The zero-order valence-corrected chi connectivity index (χ0v) is 15.4. The van der Waals surface area contributed by atoms with Crippen LogP contribution in [-0.4, -0.2) is 34.6 Å². The molecule has 7 nitrogen and oxygen atoms in total. The summed E-state index contributed by atoms with van der Waals surface area (Å²) in [4.78, 5) is 11.9. The minimum atomic E-state index is -3.88. The minimum absolute atomic E-state index is 0.0521. The Kier molecular flexibility index (Phi) is 5.85. The number of hydrogen-bond donors (Lipinski definition) is 0. The van der Waals surface area contributed by atoms with Crippen LogP contribution in [0.3, 0.4) is 0 Å². The van der Waals surface area contributed by atoms with E-state index >= 15 is 0 Å². The van der Waals surface area contributed by atoms with E-state index in [1.165, 1.54) is 45.3 Å². The van der Waals surface area contributed by atoms with Gasteiger partial charge in [0.25, 0.3) is 10.0 Å². The molecule has 0 aliphatic rings. The van der Waals surface area contributed by atoms with Gasteiger partial charge in [-0.15, -0.1) is 0 Å². The second-order valence-corrected chi connectivity index (χ2v) is 7.34. The van der Waals surface area contributed by atoms with Gasteiger partial charge in [-0.1, -0.05) is 6.07 Å². The lowest BCUT2D eigenvalue weighted by Gasteiger charge is -2.20. The van der Waals surface area contributed by atoms with Crippen molar-refractivity contribution in [3.8, 4) is 11.8 Å². The molecular formula is C18H18N2O5S. The first-order valence-corrected chi connectivity index (χ1v) is 9.07. The third kappa shape index (κ3) is 4.13. The number of ether oxygens (including phenoxy) is 2. The lowest BCUT2D eigenvalue weighted by molar-refractivity contribution is 0.0435. The number of anilines is 1. The smallest absolute Gasteiger partial charge is 0.339 e. The Bertz CT molecular complexity index is 933. The van der Waals surface area contributed by atoms with Crippen molar-refractivity contribution in [2.24, 2.45) is 0 Å². The van der Waals surface area contributed by atoms with Gasteiger partial charge in [0.05, 0.1) is 23.3 Å². The molecule has 26 heavy (non-hydrogen) atoms. The van der Waals surface area contributed by atoms with Crippen LogP contribution in [0.25, 0.3) is 0 Å². The molecule has 0 aromatic heterocycles. The molecule has 1 atom stereocenters. The van der Waals surface area contributed by atoms with Gasteiger partial charge in [0.1, 0.15) is 11.8 Å². The molecule has 0 bridgehead atoms. The van der Waals surface area contributed by atoms with Crippen molar-refractivity contribution >= 4 is 21.7 Å². The fourth-order valence-corrected chi connectivity index (χ4v) is 3.37. The van der Waals surface area contributed by atoms with E-state index in [9.17, 15) is 13.2 Å². The van der Waals surface area contributed by atoms with Crippen molar-refractivity contribution in [3.63, 3.8) is 0 Å². The number of esters is 1. The number of benzene rings is 2. The number of hydrogen-bond acceptors (Lipinski definition) is 6. The Morgan fingerprint density at radius 2 is 1.85 bits per heavy atom. The number of nitrogens with zero attached hydrogens (tertiary/aromatic N) is 2. The lowest BCUT2D eigenvalue weighted by atomic mass is 10.2. The Balaban J connectivity index is 2.32. The number of carbonyl (C=O) groups is 1. The predicted molar refractivity (Wildman–Crippen MR) is 95.5 cm³/mol. The van der Waals surface area contributed by atoms with E-state index in [2.05, 4.69) is 0 Å². The molecule has 2 rings (SSSR count). The molecule has 0 spiro atoms. The third-order valence-corrected chi connectivity index (χ3v) is 5.41. The fourth-order valence-electron chi connectivity index (χ4n) is 2.13. The molecule has 8 heteroatoms. The molecule has 2 aromatic carbocycles. The van der Waals surface area contributed by atoms with E-state index in [0.717, 1.165) is 4.31 Å². The first kappa shape index (κ1) is 19.3. The minimum Gasteiger partial charge on any atom is -0.497 e. The molecule has 0 saturated carbocycles. The van der Waals surface area contributed by atoms with Crippen LogP contribution in [0.4, 0.5) is 5.69 Å². The second kappa shape index (κ2) is 7.89. The standard InChI is InChI=1S/C18H18N2O5S/c1-13(12-19)25-18(21)14-5-4-6-17(11-14)26(22,23)20(2)15-7-9-16(24-3)10-8-15/h4-11,13H,1-3H3/t13-/m0/s1. The number of sulfonamides is 1. The zero-order chi connectivity index (χ0) is 19.3. The van der Waals surface area contributed by atoms with Gasteiger partial charge in [-0.3, -0.25) is 4.31 Å². The summed E-state index contributed by atoms with van der Waals surface area (Å²) in [7, 11) is -0.944. The molecule has 2 aromatic rings. The summed E-state index contributed by atoms with van der Waals surface area (Å²) in [5.74, 6) is -0.154. The Morgan fingerprint density at radius 3 is 2.42 bits per heavy atom. The number of nitriles is 1. The van der Waals surface area contributed by atoms with Gasteiger partial charge >= 0.3 is 5.97 Å². The van der Waals surface area contributed by atoms with Gasteiger partial charge in [-0.25, -0.2) is 13.2 Å². The van der Waals surface area contributed by atoms with E-state index < -0.39 is 22.1 Å². The van der Waals surface area contributed by atoms with E-state index in [0.29, 0.717) is 11.4 Å². The highest BCUT2D eigenvalue weighted by molar-refractivity contribution is 7.92.